The third kappa shape index (κ3) is 3.48. The number of Topliss-reactive ketones (excluding diaryl/α,β-unsaturated/α-hetero) is 1. The zero-order valence-corrected chi connectivity index (χ0v) is 16.4. The van der Waals surface area contributed by atoms with E-state index in [1.165, 1.54) is 11.3 Å². The summed E-state index contributed by atoms with van der Waals surface area (Å²) in [4.78, 5) is 31.8. The van der Waals surface area contributed by atoms with Gasteiger partial charge >= 0.3 is 0 Å². The summed E-state index contributed by atoms with van der Waals surface area (Å²) >= 11 is 1.39. The Kier molecular flexibility index (Phi) is 4.83. The van der Waals surface area contributed by atoms with Gasteiger partial charge in [-0.1, -0.05) is 35.6 Å². The second-order valence-corrected chi connectivity index (χ2v) is 7.50. The molecule has 6 nitrogen and oxygen atoms in total. The highest BCUT2D eigenvalue weighted by Gasteiger charge is 2.16. The van der Waals surface area contributed by atoms with Crippen molar-refractivity contribution in [2.75, 3.05) is 18.7 Å². The molecule has 3 aromatic rings. The molecule has 0 fully saturated rings. The Morgan fingerprint density at radius 1 is 1.21 bits per heavy atom. The zero-order chi connectivity index (χ0) is 19.7. The number of methoxy groups -OCH3 is 1. The lowest BCUT2D eigenvalue weighted by Gasteiger charge is -2.25. The van der Waals surface area contributed by atoms with Gasteiger partial charge in [0.05, 0.1) is 11.6 Å². The quantitative estimate of drug-likeness (QED) is 0.636. The van der Waals surface area contributed by atoms with Crippen LogP contribution in [0.15, 0.2) is 58.3 Å². The maximum atomic E-state index is 12.9. The summed E-state index contributed by atoms with van der Waals surface area (Å²) < 4.78 is 7.48. The van der Waals surface area contributed by atoms with Crippen molar-refractivity contribution in [3.05, 3.63) is 79.3 Å². The highest BCUT2D eigenvalue weighted by molar-refractivity contribution is 7.07. The summed E-state index contributed by atoms with van der Waals surface area (Å²) in [7, 11) is 1.62. The summed E-state index contributed by atoms with van der Waals surface area (Å²) in [6.07, 6.45) is 1.87. The van der Waals surface area contributed by atoms with Gasteiger partial charge in [-0.25, -0.2) is 4.99 Å². The number of ketones is 1. The highest BCUT2D eigenvalue weighted by atomic mass is 32.1. The fourth-order valence-corrected chi connectivity index (χ4v) is 4.01. The van der Waals surface area contributed by atoms with E-state index in [2.05, 4.69) is 4.99 Å². The number of anilines is 1. The first-order valence-corrected chi connectivity index (χ1v) is 9.62. The Morgan fingerprint density at radius 2 is 2.00 bits per heavy atom. The fourth-order valence-electron chi connectivity index (χ4n) is 3.05. The third-order valence-corrected chi connectivity index (χ3v) is 5.65. The normalized spacial score (nSPS) is 13.8. The molecule has 0 bridgehead atoms. The molecule has 1 aliphatic rings. The fraction of sp³-hybridized carbons (Fsp3) is 0.190. The Balaban J connectivity index is 1.67. The van der Waals surface area contributed by atoms with Crippen LogP contribution >= 0.6 is 11.3 Å². The Hall–Kier alpha value is -3.19. The molecule has 28 heavy (non-hydrogen) atoms. The van der Waals surface area contributed by atoms with E-state index in [-0.39, 0.29) is 11.3 Å². The Labute approximate surface area is 165 Å². The van der Waals surface area contributed by atoms with Crippen LogP contribution in [0, 0.1) is 0 Å². The molecule has 7 heteroatoms. The van der Waals surface area contributed by atoms with Crippen molar-refractivity contribution in [1.29, 1.82) is 0 Å². The van der Waals surface area contributed by atoms with Crippen LogP contribution in [0.2, 0.25) is 0 Å². The maximum Gasteiger partial charge on any atom is 0.271 e. The molecule has 2 heterocycles. The monoisotopic (exact) mass is 393 g/mol. The predicted molar refractivity (Wildman–Crippen MR) is 110 cm³/mol. The number of nitrogens with zero attached hydrogens (tertiary/aromatic N) is 3. The van der Waals surface area contributed by atoms with E-state index < -0.39 is 0 Å². The molecule has 0 aliphatic carbocycles. The second-order valence-electron chi connectivity index (χ2n) is 6.49. The van der Waals surface area contributed by atoms with Crippen molar-refractivity contribution >= 4 is 28.9 Å². The van der Waals surface area contributed by atoms with E-state index in [9.17, 15) is 9.59 Å². The molecule has 0 N–H and O–H groups in total. The third-order valence-electron chi connectivity index (χ3n) is 4.61. The second kappa shape index (κ2) is 7.44. The van der Waals surface area contributed by atoms with Crippen LogP contribution in [0.5, 0.6) is 5.75 Å². The average molecular weight is 393 g/mol. The first-order chi connectivity index (χ1) is 13.5. The standard InChI is InChI=1S/C21H19N3O3S/c1-14(25)16-4-3-5-17(11-16)23-12-22-21-24(13-23)20(26)19(28-21)10-15-6-8-18(27-2)9-7-15/h3-11H,12-13H2,1-2H3/b19-10-. The summed E-state index contributed by atoms with van der Waals surface area (Å²) in [6, 6.07) is 15.0. The number of rotatable bonds is 4. The molecule has 0 amide bonds. The maximum absolute atomic E-state index is 12.9. The minimum absolute atomic E-state index is 0.0144. The Morgan fingerprint density at radius 3 is 2.71 bits per heavy atom. The number of hydrogen-bond donors (Lipinski definition) is 0. The van der Waals surface area contributed by atoms with Crippen LogP contribution in [0.4, 0.5) is 5.69 Å². The van der Waals surface area contributed by atoms with Crippen LogP contribution in [0.3, 0.4) is 0 Å². The van der Waals surface area contributed by atoms with E-state index in [0.717, 1.165) is 17.0 Å². The van der Waals surface area contributed by atoms with Crippen molar-refractivity contribution in [2.24, 2.45) is 4.99 Å². The molecule has 0 unspecified atom stereocenters. The highest BCUT2D eigenvalue weighted by Crippen LogP contribution is 2.18. The largest absolute Gasteiger partial charge is 0.497 e. The SMILES string of the molecule is COc1ccc(/C=c2\sc3n(c2=O)CN(c2cccc(C(C)=O)c2)CN=3)cc1. The van der Waals surface area contributed by atoms with Gasteiger partial charge in [-0.3, -0.25) is 14.2 Å². The van der Waals surface area contributed by atoms with Crippen LogP contribution in [-0.2, 0) is 6.67 Å². The van der Waals surface area contributed by atoms with E-state index in [1.54, 1.807) is 24.7 Å². The van der Waals surface area contributed by atoms with Gasteiger partial charge in [0.25, 0.3) is 5.56 Å². The molecule has 1 aromatic heterocycles. The number of fused-ring (bicyclic) bond motifs is 1. The molecule has 142 valence electrons. The summed E-state index contributed by atoms with van der Waals surface area (Å²) in [5, 5.41) is 0. The molecular formula is C21H19N3O3S. The van der Waals surface area contributed by atoms with Crippen molar-refractivity contribution in [2.45, 2.75) is 13.6 Å². The van der Waals surface area contributed by atoms with Crippen molar-refractivity contribution < 1.29 is 9.53 Å². The minimum Gasteiger partial charge on any atom is -0.497 e. The molecule has 0 radical (unpaired) electrons. The van der Waals surface area contributed by atoms with Gasteiger partial charge in [-0.05, 0) is 42.8 Å². The van der Waals surface area contributed by atoms with Crippen LogP contribution in [0.1, 0.15) is 22.8 Å². The van der Waals surface area contributed by atoms with Gasteiger partial charge in [0.1, 0.15) is 19.1 Å². The number of aromatic nitrogens is 1. The number of carbonyl (C=O) groups excluding carboxylic acids is 1. The lowest BCUT2D eigenvalue weighted by atomic mass is 10.1. The summed E-state index contributed by atoms with van der Waals surface area (Å²) in [5.41, 5.74) is 2.39. The average Bonchev–Trinajstić information content (AvgIpc) is 3.03. The van der Waals surface area contributed by atoms with Gasteiger partial charge < -0.3 is 9.64 Å². The summed E-state index contributed by atoms with van der Waals surface area (Å²) in [6.45, 7) is 2.40. The molecule has 4 rings (SSSR count). The molecule has 2 aromatic carbocycles. The number of carbonyl (C=O) groups is 1. The van der Waals surface area contributed by atoms with E-state index in [4.69, 9.17) is 4.74 Å². The van der Waals surface area contributed by atoms with Gasteiger partial charge in [0.2, 0.25) is 0 Å². The smallest absolute Gasteiger partial charge is 0.271 e. The van der Waals surface area contributed by atoms with Crippen LogP contribution in [-0.4, -0.2) is 24.1 Å². The lowest BCUT2D eigenvalue weighted by Crippen LogP contribution is -2.42. The number of hydrogen-bond acceptors (Lipinski definition) is 6. The molecule has 1 aliphatic heterocycles. The molecule has 0 spiro atoms. The van der Waals surface area contributed by atoms with Gasteiger partial charge in [0.15, 0.2) is 10.6 Å². The van der Waals surface area contributed by atoms with Gasteiger partial charge in [-0.2, -0.15) is 0 Å². The van der Waals surface area contributed by atoms with Crippen molar-refractivity contribution in [1.82, 2.24) is 4.57 Å². The van der Waals surface area contributed by atoms with Crippen LogP contribution < -0.4 is 24.5 Å². The first kappa shape index (κ1) is 18.2. The lowest BCUT2D eigenvalue weighted by molar-refractivity contribution is 0.101. The minimum atomic E-state index is -0.0630. The van der Waals surface area contributed by atoms with E-state index >= 15 is 0 Å². The number of ether oxygens (including phenoxy) is 1. The molecular weight excluding hydrogens is 374 g/mol. The van der Waals surface area contributed by atoms with Gasteiger partial charge in [-0.15, -0.1) is 0 Å². The predicted octanol–water partition coefficient (Wildman–Crippen LogP) is 2.00. The van der Waals surface area contributed by atoms with Gasteiger partial charge in [0, 0.05) is 11.3 Å². The van der Waals surface area contributed by atoms with Crippen LogP contribution in [0.25, 0.3) is 6.08 Å². The molecule has 0 saturated heterocycles. The molecule has 0 atom stereocenters. The van der Waals surface area contributed by atoms with E-state index in [0.29, 0.717) is 28.2 Å². The van der Waals surface area contributed by atoms with Crippen molar-refractivity contribution in [3.8, 4) is 5.75 Å². The Bertz CT molecular complexity index is 1210. The van der Waals surface area contributed by atoms with Crippen molar-refractivity contribution in [3.63, 3.8) is 0 Å². The first-order valence-electron chi connectivity index (χ1n) is 8.81. The zero-order valence-electron chi connectivity index (χ0n) is 15.6. The summed E-state index contributed by atoms with van der Waals surface area (Å²) in [5.74, 6) is 0.790. The number of benzene rings is 2. The molecule has 0 saturated carbocycles. The van der Waals surface area contributed by atoms with E-state index in [1.807, 2.05) is 53.4 Å². The topological polar surface area (TPSA) is 63.9 Å². The number of thiazole rings is 1.